The van der Waals surface area contributed by atoms with Gasteiger partial charge in [-0.05, 0) is 37.5 Å². The Labute approximate surface area is 116 Å². The van der Waals surface area contributed by atoms with E-state index in [9.17, 15) is 8.42 Å². The predicted molar refractivity (Wildman–Crippen MR) is 75.9 cm³/mol. The third kappa shape index (κ3) is 2.29. The number of rotatable bonds is 3. The maximum Gasteiger partial charge on any atom is 0.243 e. The molecule has 1 aromatic carbocycles. The lowest BCUT2D eigenvalue weighted by Crippen LogP contribution is -2.41. The molecule has 2 rings (SSSR count). The highest BCUT2D eigenvalue weighted by atomic mass is 79.9. The molecule has 0 heterocycles. The molecule has 0 spiro atoms. The van der Waals surface area contributed by atoms with Crippen LogP contribution in [-0.2, 0) is 10.0 Å². The zero-order valence-corrected chi connectivity index (χ0v) is 12.9. The van der Waals surface area contributed by atoms with Crippen molar-refractivity contribution in [2.45, 2.75) is 37.1 Å². The van der Waals surface area contributed by atoms with E-state index in [1.807, 2.05) is 0 Å². The lowest BCUT2D eigenvalue weighted by Gasteiger charge is -2.34. The molecule has 0 radical (unpaired) electrons. The van der Waals surface area contributed by atoms with Crippen LogP contribution in [0.2, 0.25) is 0 Å². The van der Waals surface area contributed by atoms with E-state index in [4.69, 9.17) is 5.73 Å². The second-order valence-corrected chi connectivity index (χ2v) is 7.61. The normalized spacial score (nSPS) is 16.9. The van der Waals surface area contributed by atoms with Crippen LogP contribution in [-0.4, -0.2) is 25.8 Å². The quantitative estimate of drug-likeness (QED) is 0.865. The van der Waals surface area contributed by atoms with Gasteiger partial charge in [-0.15, -0.1) is 0 Å². The second kappa shape index (κ2) is 4.83. The van der Waals surface area contributed by atoms with Gasteiger partial charge < -0.3 is 5.73 Å². The van der Waals surface area contributed by atoms with Crippen molar-refractivity contribution in [3.63, 3.8) is 0 Å². The molecular formula is C12H17BrN2O2S. The molecule has 0 amide bonds. The van der Waals surface area contributed by atoms with Crippen LogP contribution < -0.4 is 5.73 Å². The van der Waals surface area contributed by atoms with Crippen molar-refractivity contribution in [1.82, 2.24) is 4.31 Å². The van der Waals surface area contributed by atoms with Gasteiger partial charge in [0.2, 0.25) is 10.0 Å². The Kier molecular flexibility index (Phi) is 3.71. The highest BCUT2D eigenvalue weighted by molar-refractivity contribution is 9.10. The Bertz CT molecular complexity index is 568. The number of sulfonamides is 1. The fraction of sp³-hybridized carbons (Fsp3) is 0.500. The fourth-order valence-electron chi connectivity index (χ4n) is 2.04. The summed E-state index contributed by atoms with van der Waals surface area (Å²) in [5.41, 5.74) is 6.93. The van der Waals surface area contributed by atoms with E-state index >= 15 is 0 Å². The Morgan fingerprint density at radius 3 is 2.50 bits per heavy atom. The number of benzene rings is 1. The first-order valence-corrected chi connectivity index (χ1v) is 8.11. The summed E-state index contributed by atoms with van der Waals surface area (Å²) in [4.78, 5) is 0.295. The zero-order valence-electron chi connectivity index (χ0n) is 10.5. The fourth-order valence-corrected chi connectivity index (χ4v) is 4.37. The molecule has 1 aliphatic carbocycles. The second-order valence-electron chi connectivity index (χ2n) is 4.72. The average Bonchev–Trinajstić information content (AvgIpc) is 2.20. The maximum absolute atomic E-state index is 12.5. The van der Waals surface area contributed by atoms with Gasteiger partial charge in [-0.25, -0.2) is 8.42 Å². The van der Waals surface area contributed by atoms with Gasteiger partial charge in [-0.2, -0.15) is 4.31 Å². The lowest BCUT2D eigenvalue weighted by atomic mass is 9.94. The van der Waals surface area contributed by atoms with E-state index in [0.29, 0.717) is 20.6 Å². The van der Waals surface area contributed by atoms with Crippen LogP contribution in [0, 0.1) is 6.92 Å². The summed E-state index contributed by atoms with van der Waals surface area (Å²) in [7, 11) is -1.80. The van der Waals surface area contributed by atoms with Gasteiger partial charge >= 0.3 is 0 Å². The molecular weight excluding hydrogens is 316 g/mol. The van der Waals surface area contributed by atoms with E-state index in [1.165, 1.54) is 4.31 Å². The monoisotopic (exact) mass is 332 g/mol. The van der Waals surface area contributed by atoms with E-state index in [-0.39, 0.29) is 6.04 Å². The first-order valence-electron chi connectivity index (χ1n) is 5.87. The first kappa shape index (κ1) is 13.8. The number of hydrogen-bond acceptors (Lipinski definition) is 3. The number of hydrogen-bond donors (Lipinski definition) is 1. The Morgan fingerprint density at radius 2 is 2.00 bits per heavy atom. The van der Waals surface area contributed by atoms with Crippen molar-refractivity contribution in [2.75, 3.05) is 12.8 Å². The van der Waals surface area contributed by atoms with Crippen molar-refractivity contribution >= 4 is 31.6 Å². The minimum Gasteiger partial charge on any atom is -0.398 e. The molecule has 0 aromatic heterocycles. The SMILES string of the molecule is Cc1c(N)cc(Br)cc1S(=O)(=O)N(C)C1CCC1. The molecule has 1 aromatic rings. The number of nitrogens with two attached hydrogens (primary N) is 1. The van der Waals surface area contributed by atoms with Gasteiger partial charge in [-0.3, -0.25) is 0 Å². The number of nitrogen functional groups attached to an aromatic ring is 1. The summed E-state index contributed by atoms with van der Waals surface area (Å²) >= 11 is 3.29. The van der Waals surface area contributed by atoms with E-state index in [1.54, 1.807) is 26.1 Å². The van der Waals surface area contributed by atoms with Crippen LogP contribution in [0.15, 0.2) is 21.5 Å². The van der Waals surface area contributed by atoms with Crippen LogP contribution in [0.5, 0.6) is 0 Å². The highest BCUT2D eigenvalue weighted by Gasteiger charge is 2.33. The molecule has 0 aliphatic heterocycles. The van der Waals surface area contributed by atoms with Crippen LogP contribution >= 0.6 is 15.9 Å². The predicted octanol–water partition coefficient (Wildman–Crippen LogP) is 2.51. The number of anilines is 1. The van der Waals surface area contributed by atoms with Gasteiger partial charge in [0, 0.05) is 23.2 Å². The summed E-state index contributed by atoms with van der Waals surface area (Å²) in [6.07, 6.45) is 2.99. The molecule has 1 saturated carbocycles. The third-order valence-corrected chi connectivity index (χ3v) is 6.11. The molecule has 18 heavy (non-hydrogen) atoms. The summed E-state index contributed by atoms with van der Waals surface area (Å²) in [6.45, 7) is 1.74. The summed E-state index contributed by atoms with van der Waals surface area (Å²) < 4.78 is 27.2. The smallest absolute Gasteiger partial charge is 0.243 e. The third-order valence-electron chi connectivity index (χ3n) is 3.61. The Hall–Kier alpha value is -0.590. The zero-order chi connectivity index (χ0) is 13.5. The molecule has 4 nitrogen and oxygen atoms in total. The maximum atomic E-state index is 12.5. The van der Waals surface area contributed by atoms with Crippen LogP contribution in [0.1, 0.15) is 24.8 Å². The van der Waals surface area contributed by atoms with Gasteiger partial charge in [0.15, 0.2) is 0 Å². The molecule has 2 N–H and O–H groups in total. The minimum absolute atomic E-state index is 0.134. The number of nitrogens with zero attached hydrogens (tertiary/aromatic N) is 1. The summed E-state index contributed by atoms with van der Waals surface area (Å²) in [5, 5.41) is 0. The lowest BCUT2D eigenvalue weighted by molar-refractivity contribution is 0.249. The van der Waals surface area contributed by atoms with Crippen molar-refractivity contribution in [2.24, 2.45) is 0 Å². The highest BCUT2D eigenvalue weighted by Crippen LogP contribution is 2.32. The molecule has 0 bridgehead atoms. The molecule has 0 unspecified atom stereocenters. The molecule has 0 saturated heterocycles. The van der Waals surface area contributed by atoms with Crippen molar-refractivity contribution in [1.29, 1.82) is 0 Å². The van der Waals surface area contributed by atoms with Crippen LogP contribution in [0.3, 0.4) is 0 Å². The van der Waals surface area contributed by atoms with Gasteiger partial charge in [0.1, 0.15) is 0 Å². The van der Waals surface area contributed by atoms with Crippen LogP contribution in [0.4, 0.5) is 5.69 Å². The van der Waals surface area contributed by atoms with E-state index in [2.05, 4.69) is 15.9 Å². The standard InChI is InChI=1S/C12H17BrN2O2S/c1-8-11(14)6-9(13)7-12(8)18(16,17)15(2)10-4-3-5-10/h6-7,10H,3-5,14H2,1-2H3. The topological polar surface area (TPSA) is 63.4 Å². The summed E-state index contributed by atoms with van der Waals surface area (Å²) in [6, 6.07) is 3.48. The Morgan fingerprint density at radius 1 is 1.39 bits per heavy atom. The van der Waals surface area contributed by atoms with Crippen molar-refractivity contribution < 1.29 is 8.42 Å². The summed E-state index contributed by atoms with van der Waals surface area (Å²) in [5.74, 6) is 0. The molecule has 1 fully saturated rings. The van der Waals surface area contributed by atoms with Gasteiger partial charge in [0.05, 0.1) is 4.90 Å². The van der Waals surface area contributed by atoms with Crippen molar-refractivity contribution in [3.8, 4) is 0 Å². The van der Waals surface area contributed by atoms with Crippen molar-refractivity contribution in [3.05, 3.63) is 22.2 Å². The van der Waals surface area contributed by atoms with Crippen LogP contribution in [0.25, 0.3) is 0 Å². The van der Waals surface area contributed by atoms with E-state index < -0.39 is 10.0 Å². The number of halogens is 1. The van der Waals surface area contributed by atoms with Gasteiger partial charge in [0.25, 0.3) is 0 Å². The molecule has 6 heteroatoms. The average molecular weight is 333 g/mol. The minimum atomic E-state index is -3.45. The molecule has 100 valence electrons. The molecule has 1 aliphatic rings. The Balaban J connectivity index is 2.46. The van der Waals surface area contributed by atoms with E-state index in [0.717, 1.165) is 19.3 Å². The first-order chi connectivity index (χ1) is 8.34. The largest absolute Gasteiger partial charge is 0.398 e. The molecule has 0 atom stereocenters. The van der Waals surface area contributed by atoms with Gasteiger partial charge in [-0.1, -0.05) is 22.4 Å².